The summed E-state index contributed by atoms with van der Waals surface area (Å²) >= 11 is 3.42. The van der Waals surface area contributed by atoms with Gasteiger partial charge in [0.15, 0.2) is 0 Å². The quantitative estimate of drug-likeness (QED) is 0.777. The van der Waals surface area contributed by atoms with Crippen molar-refractivity contribution in [1.29, 1.82) is 0 Å². The molecule has 1 heterocycles. The van der Waals surface area contributed by atoms with Gasteiger partial charge in [0.05, 0.1) is 11.2 Å². The minimum atomic E-state index is -0.561. The van der Waals surface area contributed by atoms with Gasteiger partial charge in [-0.15, -0.1) is 0 Å². The maximum atomic E-state index is 13.1. The molecule has 1 spiro atoms. The number of nitrogens with one attached hydrogen (secondary N) is 1. The Morgan fingerprint density at radius 2 is 2.24 bits per heavy atom. The van der Waals surface area contributed by atoms with Gasteiger partial charge in [-0.1, -0.05) is 22.0 Å². The first-order valence-electron chi connectivity index (χ1n) is 5.58. The molecule has 0 saturated carbocycles. The highest BCUT2D eigenvalue weighted by molar-refractivity contribution is 9.10. The van der Waals surface area contributed by atoms with Crippen LogP contribution in [0.3, 0.4) is 0 Å². The SMILES string of the molecule is O=C1Nc2ccc(Br)cc2C12CC=C(F)CC2. The van der Waals surface area contributed by atoms with E-state index >= 15 is 0 Å². The molecule has 0 saturated heterocycles. The molecule has 0 fully saturated rings. The Kier molecular flexibility index (Phi) is 2.36. The summed E-state index contributed by atoms with van der Waals surface area (Å²) in [4.78, 5) is 12.1. The van der Waals surface area contributed by atoms with E-state index in [1.807, 2.05) is 18.2 Å². The second kappa shape index (κ2) is 3.67. The number of hydrogen-bond donors (Lipinski definition) is 1. The van der Waals surface area contributed by atoms with Gasteiger partial charge < -0.3 is 5.32 Å². The molecule has 2 nitrogen and oxygen atoms in total. The molecule has 3 rings (SSSR count). The van der Waals surface area contributed by atoms with Gasteiger partial charge in [0.1, 0.15) is 0 Å². The monoisotopic (exact) mass is 295 g/mol. The Labute approximate surface area is 107 Å². The molecular weight excluding hydrogens is 285 g/mol. The molecule has 1 unspecified atom stereocenters. The van der Waals surface area contributed by atoms with Gasteiger partial charge in [0.25, 0.3) is 0 Å². The highest BCUT2D eigenvalue weighted by atomic mass is 79.9. The summed E-state index contributed by atoms with van der Waals surface area (Å²) in [6.07, 6.45) is 2.89. The Balaban J connectivity index is 2.13. The standard InChI is InChI=1S/C13H11BrFNO/c14-8-1-2-11-10(7-8)13(12(17)16-11)5-3-9(15)4-6-13/h1-3,7H,4-6H2,(H,16,17). The van der Waals surface area contributed by atoms with Crippen LogP contribution in [0.15, 0.2) is 34.6 Å². The number of carbonyl (C=O) groups is 1. The van der Waals surface area contributed by atoms with E-state index in [0.717, 1.165) is 15.7 Å². The molecule has 1 N–H and O–H groups in total. The number of anilines is 1. The van der Waals surface area contributed by atoms with Crippen LogP contribution in [0.25, 0.3) is 0 Å². The first kappa shape index (κ1) is 11.0. The average Bonchev–Trinajstić information content (AvgIpc) is 2.57. The van der Waals surface area contributed by atoms with Gasteiger partial charge in [0, 0.05) is 16.6 Å². The second-order valence-corrected chi connectivity index (χ2v) is 5.50. The highest BCUT2D eigenvalue weighted by Crippen LogP contribution is 2.47. The lowest BCUT2D eigenvalue weighted by Crippen LogP contribution is -2.35. The molecule has 1 atom stereocenters. The van der Waals surface area contributed by atoms with Gasteiger partial charge in [0.2, 0.25) is 5.91 Å². The summed E-state index contributed by atoms with van der Waals surface area (Å²) in [7, 11) is 0. The summed E-state index contributed by atoms with van der Waals surface area (Å²) in [5.41, 5.74) is 1.28. The van der Waals surface area contributed by atoms with Crippen LogP contribution in [0.4, 0.5) is 10.1 Å². The van der Waals surface area contributed by atoms with Crippen LogP contribution in [0, 0.1) is 0 Å². The molecular formula is C13H11BrFNO. The zero-order valence-corrected chi connectivity index (χ0v) is 10.7. The summed E-state index contributed by atoms with van der Waals surface area (Å²) in [5, 5.41) is 2.89. The lowest BCUT2D eigenvalue weighted by Gasteiger charge is -2.29. The van der Waals surface area contributed by atoms with Crippen LogP contribution < -0.4 is 5.32 Å². The third-order valence-electron chi connectivity index (χ3n) is 3.64. The van der Waals surface area contributed by atoms with E-state index in [1.165, 1.54) is 0 Å². The summed E-state index contributed by atoms with van der Waals surface area (Å²) < 4.78 is 14.1. The molecule has 1 aliphatic carbocycles. The molecule has 1 aromatic rings. The van der Waals surface area contributed by atoms with E-state index in [0.29, 0.717) is 19.3 Å². The zero-order valence-electron chi connectivity index (χ0n) is 9.09. The number of hydrogen-bond acceptors (Lipinski definition) is 1. The topological polar surface area (TPSA) is 29.1 Å². The van der Waals surface area contributed by atoms with Crippen molar-refractivity contribution in [3.8, 4) is 0 Å². The number of fused-ring (bicyclic) bond motifs is 2. The molecule has 1 aromatic carbocycles. The van der Waals surface area contributed by atoms with Crippen molar-refractivity contribution in [1.82, 2.24) is 0 Å². The van der Waals surface area contributed by atoms with E-state index in [9.17, 15) is 9.18 Å². The second-order valence-electron chi connectivity index (χ2n) is 4.58. The van der Waals surface area contributed by atoms with Gasteiger partial charge in [-0.05, 0) is 36.6 Å². The smallest absolute Gasteiger partial charge is 0.235 e. The van der Waals surface area contributed by atoms with Crippen molar-refractivity contribution >= 4 is 27.5 Å². The number of carbonyl (C=O) groups excluding carboxylic acids is 1. The number of halogens is 2. The third kappa shape index (κ3) is 1.54. The molecule has 0 aromatic heterocycles. The first-order chi connectivity index (χ1) is 8.12. The summed E-state index contributed by atoms with van der Waals surface area (Å²) in [5.74, 6) is -0.110. The summed E-state index contributed by atoms with van der Waals surface area (Å²) in [6, 6.07) is 5.75. The molecule has 0 bridgehead atoms. The van der Waals surface area contributed by atoms with Crippen LogP contribution in [0.1, 0.15) is 24.8 Å². The number of allylic oxidation sites excluding steroid dienone is 2. The minimum absolute atomic E-state index is 0.00523. The Morgan fingerprint density at radius 1 is 1.41 bits per heavy atom. The first-order valence-corrected chi connectivity index (χ1v) is 6.37. The van der Waals surface area contributed by atoms with Crippen molar-refractivity contribution in [3.05, 3.63) is 40.1 Å². The molecule has 88 valence electrons. The molecule has 17 heavy (non-hydrogen) atoms. The maximum absolute atomic E-state index is 13.1. The maximum Gasteiger partial charge on any atom is 0.235 e. The van der Waals surface area contributed by atoms with Crippen LogP contribution in [-0.2, 0) is 10.2 Å². The summed E-state index contributed by atoms with van der Waals surface area (Å²) in [6.45, 7) is 0. The number of rotatable bonds is 0. The largest absolute Gasteiger partial charge is 0.325 e. The fraction of sp³-hybridized carbons (Fsp3) is 0.308. The van der Waals surface area contributed by atoms with Gasteiger partial charge >= 0.3 is 0 Å². The van der Waals surface area contributed by atoms with Crippen molar-refractivity contribution in [2.75, 3.05) is 5.32 Å². The van der Waals surface area contributed by atoms with E-state index in [2.05, 4.69) is 21.2 Å². The fourth-order valence-corrected chi connectivity index (χ4v) is 3.02. The van der Waals surface area contributed by atoms with Crippen molar-refractivity contribution < 1.29 is 9.18 Å². The fourth-order valence-electron chi connectivity index (χ4n) is 2.66. The van der Waals surface area contributed by atoms with Crippen molar-refractivity contribution in [3.63, 3.8) is 0 Å². The van der Waals surface area contributed by atoms with Crippen LogP contribution in [0.5, 0.6) is 0 Å². The van der Waals surface area contributed by atoms with Gasteiger partial charge in [-0.3, -0.25) is 4.79 Å². The zero-order chi connectivity index (χ0) is 12.0. The molecule has 0 radical (unpaired) electrons. The van der Waals surface area contributed by atoms with Gasteiger partial charge in [-0.25, -0.2) is 4.39 Å². The Morgan fingerprint density at radius 3 is 2.94 bits per heavy atom. The third-order valence-corrected chi connectivity index (χ3v) is 4.14. The predicted octanol–water partition coefficient (Wildman–Crippen LogP) is 3.68. The molecule has 1 aliphatic heterocycles. The Hall–Kier alpha value is -1.16. The lowest BCUT2D eigenvalue weighted by molar-refractivity contribution is -0.121. The average molecular weight is 296 g/mol. The van der Waals surface area contributed by atoms with E-state index in [1.54, 1.807) is 6.08 Å². The van der Waals surface area contributed by atoms with Crippen LogP contribution in [0.2, 0.25) is 0 Å². The van der Waals surface area contributed by atoms with E-state index in [-0.39, 0.29) is 11.7 Å². The van der Waals surface area contributed by atoms with Gasteiger partial charge in [-0.2, -0.15) is 0 Å². The van der Waals surface area contributed by atoms with Crippen molar-refractivity contribution in [2.24, 2.45) is 0 Å². The van der Waals surface area contributed by atoms with Crippen LogP contribution in [-0.4, -0.2) is 5.91 Å². The predicted molar refractivity (Wildman–Crippen MR) is 67.5 cm³/mol. The lowest BCUT2D eigenvalue weighted by atomic mass is 9.72. The highest BCUT2D eigenvalue weighted by Gasteiger charge is 2.47. The normalized spacial score (nSPS) is 26.7. The number of benzene rings is 1. The Bertz CT molecular complexity index is 540. The van der Waals surface area contributed by atoms with E-state index in [4.69, 9.17) is 0 Å². The molecule has 4 heteroatoms. The number of amides is 1. The van der Waals surface area contributed by atoms with E-state index < -0.39 is 5.41 Å². The molecule has 1 amide bonds. The van der Waals surface area contributed by atoms with Crippen molar-refractivity contribution in [2.45, 2.75) is 24.7 Å². The van der Waals surface area contributed by atoms with Crippen LogP contribution >= 0.6 is 15.9 Å². The molecule has 2 aliphatic rings. The minimum Gasteiger partial charge on any atom is -0.325 e.